The third-order valence-electron chi connectivity index (χ3n) is 4.52. The van der Waals surface area contributed by atoms with Crippen molar-refractivity contribution >= 4 is 17.5 Å². The molecule has 2 heterocycles. The molecular weight excluding hydrogens is 314 g/mol. The SMILES string of the molecule is Cc1ccc(C)c(NC(=O)c2cc(C(=O)N3CCCCC3)ccn2)c1. The second kappa shape index (κ2) is 7.47. The van der Waals surface area contributed by atoms with Crippen LogP contribution in [0.1, 0.15) is 51.2 Å². The Morgan fingerprint density at radius 3 is 2.56 bits per heavy atom. The number of aryl methyl sites for hydroxylation is 2. The molecule has 1 aliphatic rings. The van der Waals surface area contributed by atoms with Gasteiger partial charge in [-0.25, -0.2) is 0 Å². The second-order valence-corrected chi connectivity index (χ2v) is 6.56. The first-order valence-electron chi connectivity index (χ1n) is 8.68. The average Bonchev–Trinajstić information content (AvgIpc) is 2.65. The predicted octanol–water partition coefficient (Wildman–Crippen LogP) is 3.58. The minimum Gasteiger partial charge on any atom is -0.339 e. The molecule has 5 nitrogen and oxygen atoms in total. The van der Waals surface area contributed by atoms with Crippen LogP contribution in [-0.4, -0.2) is 34.8 Å². The van der Waals surface area contributed by atoms with Gasteiger partial charge in [0.05, 0.1) is 0 Å². The summed E-state index contributed by atoms with van der Waals surface area (Å²) in [7, 11) is 0. The Labute approximate surface area is 148 Å². The van der Waals surface area contributed by atoms with Gasteiger partial charge in [-0.05, 0) is 62.4 Å². The number of piperidine rings is 1. The summed E-state index contributed by atoms with van der Waals surface area (Å²) in [6.45, 7) is 5.49. The number of nitrogens with zero attached hydrogens (tertiary/aromatic N) is 2. The molecule has 5 heteroatoms. The highest BCUT2D eigenvalue weighted by molar-refractivity contribution is 6.05. The molecule has 25 heavy (non-hydrogen) atoms. The molecule has 1 saturated heterocycles. The molecule has 1 aliphatic heterocycles. The zero-order chi connectivity index (χ0) is 17.8. The lowest BCUT2D eigenvalue weighted by atomic mass is 10.1. The highest BCUT2D eigenvalue weighted by Crippen LogP contribution is 2.18. The fourth-order valence-electron chi connectivity index (χ4n) is 3.02. The van der Waals surface area contributed by atoms with Gasteiger partial charge in [0.25, 0.3) is 11.8 Å². The lowest BCUT2D eigenvalue weighted by Gasteiger charge is -2.26. The van der Waals surface area contributed by atoms with Gasteiger partial charge in [0.2, 0.25) is 0 Å². The number of likely N-dealkylation sites (tertiary alicyclic amines) is 1. The molecule has 130 valence electrons. The number of amides is 2. The number of carbonyl (C=O) groups excluding carboxylic acids is 2. The molecule has 1 aromatic carbocycles. The first-order chi connectivity index (χ1) is 12.0. The van der Waals surface area contributed by atoms with E-state index in [2.05, 4.69) is 10.3 Å². The van der Waals surface area contributed by atoms with Gasteiger partial charge in [-0.3, -0.25) is 14.6 Å². The van der Waals surface area contributed by atoms with Gasteiger partial charge < -0.3 is 10.2 Å². The fourth-order valence-corrected chi connectivity index (χ4v) is 3.02. The van der Waals surface area contributed by atoms with Gasteiger partial charge in [0.15, 0.2) is 0 Å². The van der Waals surface area contributed by atoms with Crippen molar-refractivity contribution in [2.45, 2.75) is 33.1 Å². The summed E-state index contributed by atoms with van der Waals surface area (Å²) >= 11 is 0. The summed E-state index contributed by atoms with van der Waals surface area (Å²) in [4.78, 5) is 31.1. The fraction of sp³-hybridized carbons (Fsp3) is 0.350. The minimum atomic E-state index is -0.304. The summed E-state index contributed by atoms with van der Waals surface area (Å²) in [6, 6.07) is 9.15. The van der Waals surface area contributed by atoms with E-state index in [-0.39, 0.29) is 17.5 Å². The molecule has 1 fully saturated rings. The molecule has 0 aliphatic carbocycles. The van der Waals surface area contributed by atoms with E-state index in [1.165, 1.54) is 12.6 Å². The molecule has 0 unspecified atom stereocenters. The number of aromatic nitrogens is 1. The Hall–Kier alpha value is -2.69. The number of pyridine rings is 1. The van der Waals surface area contributed by atoms with E-state index in [9.17, 15) is 9.59 Å². The molecule has 2 amide bonds. The smallest absolute Gasteiger partial charge is 0.274 e. The third kappa shape index (κ3) is 4.05. The number of anilines is 1. The second-order valence-electron chi connectivity index (χ2n) is 6.56. The zero-order valence-electron chi connectivity index (χ0n) is 14.7. The first kappa shape index (κ1) is 17.1. The average molecular weight is 337 g/mol. The molecule has 0 radical (unpaired) electrons. The van der Waals surface area contributed by atoms with E-state index in [4.69, 9.17) is 0 Å². The van der Waals surface area contributed by atoms with Crippen LogP contribution in [0.15, 0.2) is 36.5 Å². The van der Waals surface area contributed by atoms with Crippen molar-refractivity contribution in [3.05, 3.63) is 58.9 Å². The number of rotatable bonds is 3. The quantitative estimate of drug-likeness (QED) is 0.931. The highest BCUT2D eigenvalue weighted by atomic mass is 16.2. The Kier molecular flexibility index (Phi) is 5.12. The van der Waals surface area contributed by atoms with E-state index >= 15 is 0 Å². The van der Waals surface area contributed by atoms with Gasteiger partial charge in [-0.2, -0.15) is 0 Å². The van der Waals surface area contributed by atoms with E-state index in [1.807, 2.05) is 36.9 Å². The molecule has 0 bridgehead atoms. The van der Waals surface area contributed by atoms with Crippen molar-refractivity contribution in [3.8, 4) is 0 Å². The van der Waals surface area contributed by atoms with E-state index in [1.54, 1.807) is 12.1 Å². The number of carbonyl (C=O) groups is 2. The van der Waals surface area contributed by atoms with Gasteiger partial charge in [-0.15, -0.1) is 0 Å². The molecule has 3 rings (SSSR count). The number of nitrogens with one attached hydrogen (secondary N) is 1. The maximum absolute atomic E-state index is 12.6. The first-order valence-corrected chi connectivity index (χ1v) is 8.68. The third-order valence-corrected chi connectivity index (χ3v) is 4.52. The standard InChI is InChI=1S/C20H23N3O2/c1-14-6-7-15(2)17(12-14)22-19(24)18-13-16(8-9-21-18)20(25)23-10-4-3-5-11-23/h6-9,12-13H,3-5,10-11H2,1-2H3,(H,22,24). The highest BCUT2D eigenvalue weighted by Gasteiger charge is 2.19. The topological polar surface area (TPSA) is 62.3 Å². The lowest BCUT2D eigenvalue weighted by molar-refractivity contribution is 0.0724. The van der Waals surface area contributed by atoms with E-state index in [0.29, 0.717) is 5.56 Å². The molecule has 0 saturated carbocycles. The van der Waals surface area contributed by atoms with Crippen LogP contribution in [0.5, 0.6) is 0 Å². The summed E-state index contributed by atoms with van der Waals surface area (Å²) in [5.74, 6) is -0.329. The van der Waals surface area contributed by atoms with E-state index in [0.717, 1.165) is 42.7 Å². The molecule has 0 atom stereocenters. The van der Waals surface area contributed by atoms with Crippen molar-refractivity contribution in [1.29, 1.82) is 0 Å². The molecule has 0 spiro atoms. The van der Waals surface area contributed by atoms with Crippen LogP contribution in [0, 0.1) is 13.8 Å². The zero-order valence-corrected chi connectivity index (χ0v) is 14.7. The van der Waals surface area contributed by atoms with Crippen LogP contribution in [-0.2, 0) is 0 Å². The summed E-state index contributed by atoms with van der Waals surface area (Å²) in [5, 5.41) is 2.89. The van der Waals surface area contributed by atoms with Gasteiger partial charge in [0.1, 0.15) is 5.69 Å². The number of hydrogen-bond donors (Lipinski definition) is 1. The van der Waals surface area contributed by atoms with Crippen LogP contribution in [0.3, 0.4) is 0 Å². The van der Waals surface area contributed by atoms with Crippen molar-refractivity contribution < 1.29 is 9.59 Å². The molecule has 2 aromatic rings. The lowest BCUT2D eigenvalue weighted by Crippen LogP contribution is -2.35. The van der Waals surface area contributed by atoms with Crippen LogP contribution >= 0.6 is 0 Å². The Morgan fingerprint density at radius 1 is 1.04 bits per heavy atom. The minimum absolute atomic E-state index is 0.0251. The summed E-state index contributed by atoms with van der Waals surface area (Å²) in [5.41, 5.74) is 3.59. The maximum atomic E-state index is 12.6. The normalized spacial score (nSPS) is 14.2. The molecule has 1 N–H and O–H groups in total. The van der Waals surface area contributed by atoms with Crippen LogP contribution in [0.25, 0.3) is 0 Å². The van der Waals surface area contributed by atoms with E-state index < -0.39 is 0 Å². The largest absolute Gasteiger partial charge is 0.339 e. The van der Waals surface area contributed by atoms with Crippen LogP contribution < -0.4 is 5.32 Å². The van der Waals surface area contributed by atoms with Gasteiger partial charge in [-0.1, -0.05) is 12.1 Å². The summed E-state index contributed by atoms with van der Waals surface area (Å²) < 4.78 is 0. The summed E-state index contributed by atoms with van der Waals surface area (Å²) in [6.07, 6.45) is 4.77. The van der Waals surface area contributed by atoms with Gasteiger partial charge >= 0.3 is 0 Å². The van der Waals surface area contributed by atoms with Gasteiger partial charge in [0, 0.05) is 30.5 Å². The molecular formula is C20H23N3O2. The van der Waals surface area contributed by atoms with Crippen molar-refractivity contribution in [2.24, 2.45) is 0 Å². The Morgan fingerprint density at radius 2 is 1.80 bits per heavy atom. The monoisotopic (exact) mass is 337 g/mol. The number of benzene rings is 1. The Bertz CT molecular complexity index is 795. The number of hydrogen-bond acceptors (Lipinski definition) is 3. The predicted molar refractivity (Wildman–Crippen MR) is 97.9 cm³/mol. The van der Waals surface area contributed by atoms with Crippen molar-refractivity contribution in [2.75, 3.05) is 18.4 Å². The maximum Gasteiger partial charge on any atom is 0.274 e. The van der Waals surface area contributed by atoms with Crippen LogP contribution in [0.4, 0.5) is 5.69 Å². The van der Waals surface area contributed by atoms with Crippen molar-refractivity contribution in [3.63, 3.8) is 0 Å². The van der Waals surface area contributed by atoms with Crippen molar-refractivity contribution in [1.82, 2.24) is 9.88 Å². The van der Waals surface area contributed by atoms with Crippen LogP contribution in [0.2, 0.25) is 0 Å². The Balaban J connectivity index is 1.77. The molecule has 1 aromatic heterocycles.